The standard InChI is InChI=1S/C59H38F3N5/c1-37-31-43(33-44(32-37)59(60,61)62)41-27-29-53-49(34-41)47-22-12-14-24-52(47)67(53)54-30-26-40(42-25-28-48-46-21-11-13-23-51(46)66(55(48)36-42)45-19-9-4-10-20-45)35-50(54)58-64-56(38-15-5-2-6-16-38)63-57(65-58)39-17-7-3-8-18-39/h2-36H,1H3. The average molecular weight is 874 g/mol. The molecule has 12 aromatic rings. The van der Waals surface area contributed by atoms with Crippen LogP contribution in [0.1, 0.15) is 11.1 Å². The molecule has 0 amide bonds. The quantitative estimate of drug-likeness (QED) is 0.160. The van der Waals surface area contributed by atoms with Gasteiger partial charge in [0.15, 0.2) is 17.5 Å². The molecular formula is C59H38F3N5. The highest BCUT2D eigenvalue weighted by atomic mass is 19.4. The van der Waals surface area contributed by atoms with Crippen LogP contribution in [0, 0.1) is 6.92 Å². The molecule has 9 aromatic carbocycles. The van der Waals surface area contributed by atoms with E-state index in [0.29, 0.717) is 34.2 Å². The van der Waals surface area contributed by atoms with Gasteiger partial charge in [0, 0.05) is 43.9 Å². The van der Waals surface area contributed by atoms with Gasteiger partial charge >= 0.3 is 6.18 Å². The molecular weight excluding hydrogens is 836 g/mol. The lowest BCUT2D eigenvalue weighted by Gasteiger charge is -2.17. The minimum Gasteiger partial charge on any atom is -0.309 e. The number of rotatable bonds is 7. The first-order valence-corrected chi connectivity index (χ1v) is 22.1. The fourth-order valence-corrected chi connectivity index (χ4v) is 9.55. The molecule has 0 atom stereocenters. The first kappa shape index (κ1) is 39.9. The predicted octanol–water partition coefficient (Wildman–Crippen LogP) is 15.7. The van der Waals surface area contributed by atoms with E-state index in [4.69, 9.17) is 15.0 Å². The van der Waals surface area contributed by atoms with E-state index in [0.717, 1.165) is 77.4 Å². The van der Waals surface area contributed by atoms with Crippen molar-refractivity contribution in [3.8, 4) is 67.8 Å². The third-order valence-corrected chi connectivity index (χ3v) is 12.6. The van der Waals surface area contributed by atoms with Gasteiger partial charge in [0.25, 0.3) is 0 Å². The van der Waals surface area contributed by atoms with Crippen LogP contribution in [-0.2, 0) is 6.18 Å². The summed E-state index contributed by atoms with van der Waals surface area (Å²) >= 11 is 0. The number of aryl methyl sites for hydroxylation is 1. The van der Waals surface area contributed by atoms with E-state index in [2.05, 4.69) is 106 Å². The molecule has 0 bridgehead atoms. The maximum absolute atomic E-state index is 14.1. The zero-order valence-corrected chi connectivity index (χ0v) is 36.1. The van der Waals surface area contributed by atoms with E-state index in [-0.39, 0.29) is 0 Å². The van der Waals surface area contributed by atoms with E-state index in [9.17, 15) is 13.2 Å². The van der Waals surface area contributed by atoms with Crippen molar-refractivity contribution in [2.45, 2.75) is 13.1 Å². The van der Waals surface area contributed by atoms with Crippen molar-refractivity contribution in [2.24, 2.45) is 0 Å². The molecule has 0 aliphatic rings. The van der Waals surface area contributed by atoms with Crippen LogP contribution in [0.2, 0.25) is 0 Å². The largest absolute Gasteiger partial charge is 0.416 e. The lowest BCUT2D eigenvalue weighted by molar-refractivity contribution is -0.137. The number of fused-ring (bicyclic) bond motifs is 6. The van der Waals surface area contributed by atoms with Crippen LogP contribution in [0.25, 0.3) is 111 Å². The van der Waals surface area contributed by atoms with Crippen LogP contribution in [-0.4, -0.2) is 24.1 Å². The number of halogens is 3. The minimum atomic E-state index is -4.47. The summed E-state index contributed by atoms with van der Waals surface area (Å²) in [6, 6.07) is 70.2. The molecule has 5 nitrogen and oxygen atoms in total. The lowest BCUT2D eigenvalue weighted by Crippen LogP contribution is -2.05. The summed E-state index contributed by atoms with van der Waals surface area (Å²) in [7, 11) is 0. The minimum absolute atomic E-state index is 0.492. The summed E-state index contributed by atoms with van der Waals surface area (Å²) in [5, 5.41) is 4.20. The number of nitrogens with zero attached hydrogens (tertiary/aromatic N) is 5. The van der Waals surface area contributed by atoms with Crippen molar-refractivity contribution in [1.82, 2.24) is 24.1 Å². The third-order valence-electron chi connectivity index (χ3n) is 12.6. The Morgan fingerprint density at radius 1 is 0.358 bits per heavy atom. The van der Waals surface area contributed by atoms with Crippen molar-refractivity contribution in [3.05, 3.63) is 223 Å². The molecule has 0 saturated heterocycles. The second kappa shape index (κ2) is 15.8. The average Bonchev–Trinajstić information content (AvgIpc) is 3.88. The second-order valence-corrected chi connectivity index (χ2v) is 16.9. The maximum atomic E-state index is 14.1. The van der Waals surface area contributed by atoms with Gasteiger partial charge in [-0.2, -0.15) is 13.2 Å². The van der Waals surface area contributed by atoms with E-state index >= 15 is 0 Å². The van der Waals surface area contributed by atoms with Gasteiger partial charge in [-0.15, -0.1) is 0 Å². The van der Waals surface area contributed by atoms with E-state index in [1.54, 1.807) is 13.0 Å². The third kappa shape index (κ3) is 7.02. The lowest BCUT2D eigenvalue weighted by atomic mass is 9.98. The zero-order chi connectivity index (χ0) is 45.2. The SMILES string of the molecule is Cc1cc(-c2ccc3c(c2)c2ccccc2n3-c2ccc(-c3ccc4c5ccccc5n(-c5ccccc5)c4c3)cc2-c2nc(-c3ccccc3)nc(-c3ccccc3)n2)cc(C(F)(F)F)c1. The van der Waals surface area contributed by atoms with Gasteiger partial charge < -0.3 is 9.13 Å². The van der Waals surface area contributed by atoms with E-state index in [1.807, 2.05) is 97.1 Å². The van der Waals surface area contributed by atoms with Crippen LogP contribution in [0.3, 0.4) is 0 Å². The molecule has 320 valence electrons. The topological polar surface area (TPSA) is 48.5 Å². The van der Waals surface area contributed by atoms with Crippen molar-refractivity contribution in [2.75, 3.05) is 0 Å². The summed E-state index contributed by atoms with van der Waals surface area (Å²) in [4.78, 5) is 15.5. The number of hydrogen-bond acceptors (Lipinski definition) is 3. The molecule has 67 heavy (non-hydrogen) atoms. The molecule has 8 heteroatoms. The molecule has 0 N–H and O–H groups in total. The van der Waals surface area contributed by atoms with Crippen LogP contribution < -0.4 is 0 Å². The summed E-state index contributed by atoms with van der Waals surface area (Å²) in [6.45, 7) is 1.70. The van der Waals surface area contributed by atoms with Crippen LogP contribution >= 0.6 is 0 Å². The summed E-state index contributed by atoms with van der Waals surface area (Å²) in [6.07, 6.45) is -4.47. The smallest absolute Gasteiger partial charge is 0.309 e. The second-order valence-electron chi connectivity index (χ2n) is 16.9. The van der Waals surface area contributed by atoms with Gasteiger partial charge in [-0.25, -0.2) is 15.0 Å². The summed E-state index contributed by atoms with van der Waals surface area (Å²) < 4.78 is 46.7. The van der Waals surface area contributed by atoms with Crippen molar-refractivity contribution in [3.63, 3.8) is 0 Å². The van der Waals surface area contributed by atoms with Crippen LogP contribution in [0.4, 0.5) is 13.2 Å². The van der Waals surface area contributed by atoms with E-state index in [1.165, 1.54) is 17.5 Å². The molecule has 0 spiro atoms. The van der Waals surface area contributed by atoms with Crippen LogP contribution in [0.15, 0.2) is 212 Å². The fourth-order valence-electron chi connectivity index (χ4n) is 9.55. The highest BCUT2D eigenvalue weighted by molar-refractivity contribution is 6.12. The highest BCUT2D eigenvalue weighted by Gasteiger charge is 2.31. The molecule has 0 radical (unpaired) electrons. The monoisotopic (exact) mass is 873 g/mol. The Labute approximate surface area is 383 Å². The predicted molar refractivity (Wildman–Crippen MR) is 265 cm³/mol. The first-order valence-electron chi connectivity index (χ1n) is 22.1. The van der Waals surface area contributed by atoms with Gasteiger partial charge in [-0.3, -0.25) is 0 Å². The molecule has 3 heterocycles. The van der Waals surface area contributed by atoms with Gasteiger partial charge in [0.05, 0.1) is 33.3 Å². The Hall–Kier alpha value is -8.62. The Bertz CT molecular complexity index is 3800. The fraction of sp³-hybridized carbons (Fsp3) is 0.0339. The molecule has 0 unspecified atom stereocenters. The molecule has 0 saturated carbocycles. The van der Waals surface area contributed by atoms with Crippen molar-refractivity contribution < 1.29 is 13.2 Å². The number of hydrogen-bond donors (Lipinski definition) is 0. The molecule has 0 aliphatic heterocycles. The van der Waals surface area contributed by atoms with Gasteiger partial charge in [-0.05, 0) is 101 Å². The molecule has 3 aromatic heterocycles. The number of aromatic nitrogens is 5. The first-order chi connectivity index (χ1) is 32.7. The van der Waals surface area contributed by atoms with Crippen molar-refractivity contribution in [1.29, 1.82) is 0 Å². The Morgan fingerprint density at radius 2 is 0.866 bits per heavy atom. The molecule has 0 fully saturated rings. The van der Waals surface area contributed by atoms with Gasteiger partial charge in [0.2, 0.25) is 0 Å². The number of alkyl halides is 3. The van der Waals surface area contributed by atoms with Gasteiger partial charge in [-0.1, -0.05) is 146 Å². The van der Waals surface area contributed by atoms with Crippen molar-refractivity contribution >= 4 is 43.6 Å². The van der Waals surface area contributed by atoms with E-state index < -0.39 is 11.7 Å². The zero-order valence-electron chi connectivity index (χ0n) is 36.1. The summed E-state index contributed by atoms with van der Waals surface area (Å²) in [5.74, 6) is 1.57. The van der Waals surface area contributed by atoms with Gasteiger partial charge in [0.1, 0.15) is 0 Å². The summed E-state index contributed by atoms with van der Waals surface area (Å²) in [5.41, 5.74) is 11.5. The Kier molecular flexibility index (Phi) is 9.43. The molecule has 12 rings (SSSR count). The number of benzene rings is 9. The normalized spacial score (nSPS) is 11.9. The maximum Gasteiger partial charge on any atom is 0.416 e. The Balaban J connectivity index is 1.12. The molecule has 0 aliphatic carbocycles. The Morgan fingerprint density at radius 3 is 1.54 bits per heavy atom. The van der Waals surface area contributed by atoms with Crippen LogP contribution in [0.5, 0.6) is 0 Å². The highest BCUT2D eigenvalue weighted by Crippen LogP contribution is 2.42. The number of para-hydroxylation sites is 3.